The quantitative estimate of drug-likeness (QED) is 0.407. The van der Waals surface area contributed by atoms with Gasteiger partial charge in [-0.2, -0.15) is 8.78 Å². The molecule has 0 aromatic heterocycles. The van der Waals surface area contributed by atoms with Crippen molar-refractivity contribution in [1.29, 1.82) is 0 Å². The third kappa shape index (κ3) is 4.07. The second-order valence-corrected chi connectivity index (χ2v) is 14.9. The maximum Gasteiger partial charge on any atom is 0.377 e. The Bertz CT molecular complexity index is 939. The van der Waals surface area contributed by atoms with Crippen LogP contribution in [0.15, 0.2) is 0 Å². The third-order valence-corrected chi connectivity index (χ3v) is 12.3. The Kier molecular flexibility index (Phi) is 6.07. The van der Waals surface area contributed by atoms with Crippen molar-refractivity contribution < 1.29 is 42.1 Å². The monoisotopic (exact) mass is 564 g/mol. The van der Waals surface area contributed by atoms with Crippen LogP contribution in [0.25, 0.3) is 0 Å². The summed E-state index contributed by atoms with van der Waals surface area (Å²) in [6.07, 6.45) is 11.1. The molecule has 7 nitrogen and oxygen atoms in total. The largest absolute Gasteiger partial charge is 0.453 e. The van der Waals surface area contributed by atoms with E-state index >= 15 is 0 Å². The lowest BCUT2D eigenvalue weighted by molar-refractivity contribution is -0.305. The molecule has 222 valence electrons. The van der Waals surface area contributed by atoms with Crippen LogP contribution < -0.4 is 0 Å². The molecule has 2 aliphatic heterocycles. The molecular weight excluding hydrogens is 522 g/mol. The number of halogens is 2. The summed E-state index contributed by atoms with van der Waals surface area (Å²) < 4.78 is 58.5. The number of ketones is 1. The maximum atomic E-state index is 13.4. The average Bonchev–Trinajstić information content (AvgIpc) is 3.53. The summed E-state index contributed by atoms with van der Waals surface area (Å²) in [6.45, 7) is 0.568. The fourth-order valence-corrected chi connectivity index (χ4v) is 11.1. The number of hydrogen-bond acceptors (Lipinski definition) is 7. The first kappa shape index (κ1) is 26.5. The molecule has 8 bridgehead atoms. The van der Waals surface area contributed by atoms with Crippen molar-refractivity contribution in [3.8, 4) is 0 Å². The van der Waals surface area contributed by atoms with Gasteiger partial charge in [-0.15, -0.1) is 0 Å². The Morgan fingerprint density at radius 1 is 0.750 bits per heavy atom. The molecule has 8 saturated carbocycles. The molecule has 2 atom stereocenters. The van der Waals surface area contributed by atoms with Gasteiger partial charge in [0.1, 0.15) is 6.61 Å². The van der Waals surface area contributed by atoms with Crippen molar-refractivity contribution in [3.05, 3.63) is 0 Å². The third-order valence-electron chi connectivity index (χ3n) is 12.3. The minimum absolute atomic E-state index is 0.0119. The zero-order valence-corrected chi connectivity index (χ0v) is 23.4. The van der Waals surface area contributed by atoms with Crippen LogP contribution in [0.5, 0.6) is 0 Å². The van der Waals surface area contributed by atoms with Crippen LogP contribution in [0.1, 0.15) is 77.6 Å². The lowest BCUT2D eigenvalue weighted by Gasteiger charge is -2.58. The van der Waals surface area contributed by atoms with E-state index in [9.17, 15) is 18.4 Å². The summed E-state index contributed by atoms with van der Waals surface area (Å²) in [5.74, 6) is -2.65. The summed E-state index contributed by atoms with van der Waals surface area (Å²) in [7, 11) is 0. The molecular formula is C31H42F2O7. The summed E-state index contributed by atoms with van der Waals surface area (Å²) in [4.78, 5) is 24.8. The number of hydrogen-bond donors (Lipinski definition) is 0. The van der Waals surface area contributed by atoms with Gasteiger partial charge in [0, 0.05) is 42.9 Å². The van der Waals surface area contributed by atoms with E-state index in [1.807, 2.05) is 0 Å². The van der Waals surface area contributed by atoms with E-state index in [4.69, 9.17) is 18.9 Å². The van der Waals surface area contributed by atoms with Crippen molar-refractivity contribution in [2.45, 2.75) is 107 Å². The van der Waals surface area contributed by atoms with Gasteiger partial charge in [0.15, 0.2) is 17.4 Å². The van der Waals surface area contributed by atoms with Gasteiger partial charge in [-0.3, -0.25) is 4.79 Å². The molecule has 0 amide bonds. The number of alkyl halides is 2. The van der Waals surface area contributed by atoms with Crippen LogP contribution in [0.2, 0.25) is 0 Å². The van der Waals surface area contributed by atoms with Crippen molar-refractivity contribution >= 4 is 11.8 Å². The standard InChI is InChI=1S/C31H42F2O7/c1-29(32,33)28(35)36-13-24(34)12-25(26-14-37-30(39-26)20-4-16-2-17(6-20)7-21(30)5-16)27-15-38-31(40-27)22-8-18-3-19(10-22)11-23(31)9-18/h16-23,25-27H,2-15H2,1H3. The van der Waals surface area contributed by atoms with Crippen molar-refractivity contribution in [2.24, 2.45) is 53.3 Å². The van der Waals surface area contributed by atoms with E-state index in [1.54, 1.807) is 0 Å². The van der Waals surface area contributed by atoms with E-state index in [0.717, 1.165) is 75.0 Å². The molecule has 0 N–H and O–H groups in total. The average molecular weight is 565 g/mol. The number of Topliss-reactive ketones (excluding diaryl/α,β-unsaturated/α-hetero) is 1. The highest BCUT2D eigenvalue weighted by atomic mass is 19.3. The van der Waals surface area contributed by atoms with Crippen molar-refractivity contribution in [3.63, 3.8) is 0 Å². The van der Waals surface area contributed by atoms with Gasteiger partial charge in [-0.1, -0.05) is 0 Å². The summed E-state index contributed by atoms with van der Waals surface area (Å²) in [5.41, 5.74) is 0. The van der Waals surface area contributed by atoms with E-state index in [2.05, 4.69) is 4.74 Å². The fraction of sp³-hybridized carbons (Fsp3) is 0.935. The molecule has 10 aliphatic rings. The van der Waals surface area contributed by atoms with E-state index in [1.165, 1.54) is 12.8 Å². The molecule has 2 spiro atoms. The minimum atomic E-state index is -3.64. The number of carbonyl (C=O) groups is 2. The Hall–Kier alpha value is -1.16. The molecule has 0 aromatic rings. The molecule has 10 fully saturated rings. The van der Waals surface area contributed by atoms with Gasteiger partial charge >= 0.3 is 11.9 Å². The molecule has 9 heteroatoms. The summed E-state index contributed by atoms with van der Waals surface area (Å²) in [5, 5.41) is 0. The fourth-order valence-electron chi connectivity index (χ4n) is 11.1. The van der Waals surface area contributed by atoms with Crippen LogP contribution in [0.3, 0.4) is 0 Å². The second kappa shape index (κ2) is 9.17. The lowest BCUT2D eigenvalue weighted by Crippen LogP contribution is -2.59. The Morgan fingerprint density at radius 2 is 1.15 bits per heavy atom. The van der Waals surface area contributed by atoms with Gasteiger partial charge < -0.3 is 23.7 Å². The van der Waals surface area contributed by atoms with Gasteiger partial charge in [0.2, 0.25) is 0 Å². The van der Waals surface area contributed by atoms with Gasteiger partial charge in [0.05, 0.1) is 25.4 Å². The molecule has 0 aromatic carbocycles. The Balaban J connectivity index is 1.02. The van der Waals surface area contributed by atoms with Crippen LogP contribution in [0.4, 0.5) is 8.78 Å². The van der Waals surface area contributed by atoms with Gasteiger partial charge in [0.25, 0.3) is 0 Å². The molecule has 0 radical (unpaired) electrons. The predicted octanol–water partition coefficient (Wildman–Crippen LogP) is 4.90. The van der Waals surface area contributed by atoms with Gasteiger partial charge in [-0.05, 0) is 87.9 Å². The first-order valence-corrected chi connectivity index (χ1v) is 15.8. The molecule has 8 aliphatic carbocycles. The van der Waals surface area contributed by atoms with Crippen LogP contribution in [0, 0.1) is 53.3 Å². The smallest absolute Gasteiger partial charge is 0.377 e. The van der Waals surface area contributed by atoms with Gasteiger partial charge in [-0.25, -0.2) is 4.79 Å². The SMILES string of the molecule is CC(F)(F)C(=O)OCC(=O)CC(C1COC2(O1)C1CC3CC(C1)CC2C3)C1COC2(O1)C1CC3CC(C1)CC2C3. The summed E-state index contributed by atoms with van der Waals surface area (Å²) >= 11 is 0. The number of ether oxygens (including phenoxy) is 5. The molecule has 2 unspecified atom stereocenters. The lowest BCUT2D eigenvalue weighted by atomic mass is 9.53. The maximum absolute atomic E-state index is 13.4. The second-order valence-electron chi connectivity index (χ2n) is 14.9. The summed E-state index contributed by atoms with van der Waals surface area (Å²) in [6, 6.07) is 0. The van der Waals surface area contributed by atoms with Crippen LogP contribution in [-0.2, 0) is 33.3 Å². The first-order valence-electron chi connectivity index (χ1n) is 15.8. The number of rotatable bonds is 7. The highest BCUT2D eigenvalue weighted by Crippen LogP contribution is 2.64. The normalized spacial score (nSPS) is 50.8. The zero-order valence-electron chi connectivity index (χ0n) is 23.4. The molecule has 40 heavy (non-hydrogen) atoms. The van der Waals surface area contributed by atoms with Crippen LogP contribution in [-0.4, -0.2) is 61.3 Å². The Morgan fingerprint density at radius 3 is 1.52 bits per heavy atom. The zero-order chi connectivity index (χ0) is 27.4. The van der Waals surface area contributed by atoms with Crippen molar-refractivity contribution in [2.75, 3.05) is 19.8 Å². The van der Waals surface area contributed by atoms with E-state index in [-0.39, 0.29) is 24.5 Å². The molecule has 2 heterocycles. The van der Waals surface area contributed by atoms with Crippen molar-refractivity contribution in [1.82, 2.24) is 0 Å². The molecule has 2 saturated heterocycles. The predicted molar refractivity (Wildman–Crippen MR) is 136 cm³/mol. The minimum Gasteiger partial charge on any atom is -0.453 e. The first-order chi connectivity index (χ1) is 19.1. The Labute approximate surface area is 234 Å². The highest BCUT2D eigenvalue weighted by Gasteiger charge is 2.66. The van der Waals surface area contributed by atoms with E-state index in [0.29, 0.717) is 43.8 Å². The van der Waals surface area contributed by atoms with E-state index < -0.39 is 35.9 Å². The number of esters is 1. The number of carbonyl (C=O) groups excluding carboxylic acids is 2. The highest BCUT2D eigenvalue weighted by molar-refractivity contribution is 5.84. The topological polar surface area (TPSA) is 80.3 Å². The molecule has 10 rings (SSSR count). The van der Waals surface area contributed by atoms with Crippen LogP contribution >= 0.6 is 0 Å².